The largest absolute Gasteiger partial charge is 0.483 e. The van der Waals surface area contributed by atoms with Crippen molar-refractivity contribution >= 4 is 29.3 Å². The third-order valence-electron chi connectivity index (χ3n) is 5.32. The van der Waals surface area contributed by atoms with Crippen LogP contribution in [0.5, 0.6) is 0 Å². The first-order valence-electron chi connectivity index (χ1n) is 10.7. The van der Waals surface area contributed by atoms with Crippen molar-refractivity contribution in [3.05, 3.63) is 30.1 Å². The van der Waals surface area contributed by atoms with Crippen molar-refractivity contribution in [3.8, 4) is 0 Å². The smallest absolute Gasteiger partial charge is 0.290 e. The lowest BCUT2D eigenvalue weighted by molar-refractivity contribution is -0.130. The molecule has 1 aromatic carbocycles. The fourth-order valence-electron chi connectivity index (χ4n) is 3.72. The second-order valence-corrected chi connectivity index (χ2v) is 7.52. The Labute approximate surface area is 182 Å². The minimum absolute atomic E-state index is 0.00849. The van der Waals surface area contributed by atoms with Crippen molar-refractivity contribution in [2.24, 2.45) is 5.92 Å². The van der Waals surface area contributed by atoms with Gasteiger partial charge < -0.3 is 25.5 Å². The lowest BCUT2D eigenvalue weighted by Gasteiger charge is -2.36. The van der Waals surface area contributed by atoms with Gasteiger partial charge in [0, 0.05) is 25.5 Å². The number of hydrogen-bond acceptors (Lipinski definition) is 5. The third-order valence-corrected chi connectivity index (χ3v) is 5.32. The number of fused-ring (bicyclic) bond motifs is 1. The van der Waals surface area contributed by atoms with Crippen LogP contribution in [0.3, 0.4) is 0 Å². The van der Waals surface area contributed by atoms with Gasteiger partial charge >= 0.3 is 0 Å². The summed E-state index contributed by atoms with van der Waals surface area (Å²) in [5.74, 6) is -0.00482. The minimum atomic E-state index is -0.250. The Bertz CT molecular complexity index is 853. The van der Waals surface area contributed by atoms with Crippen LogP contribution in [0.15, 0.2) is 24.5 Å². The van der Waals surface area contributed by atoms with Crippen molar-refractivity contribution in [2.75, 3.05) is 6.61 Å². The molecule has 2 amide bonds. The zero-order chi connectivity index (χ0) is 22.6. The summed E-state index contributed by atoms with van der Waals surface area (Å²) in [6, 6.07) is 5.93. The molecular formula is C22H32N4O5. The van der Waals surface area contributed by atoms with E-state index >= 15 is 0 Å². The van der Waals surface area contributed by atoms with Crippen LogP contribution in [0, 0.1) is 5.92 Å². The molecule has 0 bridgehead atoms. The van der Waals surface area contributed by atoms with Gasteiger partial charge in [0.25, 0.3) is 6.47 Å². The molecule has 31 heavy (non-hydrogen) atoms. The van der Waals surface area contributed by atoms with E-state index in [1.54, 1.807) is 6.33 Å². The van der Waals surface area contributed by atoms with Gasteiger partial charge in [-0.3, -0.25) is 14.4 Å². The molecule has 1 fully saturated rings. The number of rotatable bonds is 8. The number of nitrogens with zero attached hydrogens (tertiary/aromatic N) is 1. The van der Waals surface area contributed by atoms with Crippen molar-refractivity contribution < 1.29 is 24.2 Å². The van der Waals surface area contributed by atoms with Crippen LogP contribution in [0.1, 0.15) is 51.5 Å². The van der Waals surface area contributed by atoms with Crippen LogP contribution < -0.4 is 10.6 Å². The molecular weight excluding hydrogens is 400 g/mol. The lowest BCUT2D eigenvalue weighted by atomic mass is 9.83. The highest BCUT2D eigenvalue weighted by Gasteiger charge is 2.35. The van der Waals surface area contributed by atoms with Crippen molar-refractivity contribution in [1.82, 2.24) is 20.6 Å². The van der Waals surface area contributed by atoms with Crippen molar-refractivity contribution in [2.45, 2.75) is 64.6 Å². The molecule has 0 unspecified atom stereocenters. The van der Waals surface area contributed by atoms with Gasteiger partial charge in [0.2, 0.25) is 11.8 Å². The van der Waals surface area contributed by atoms with Gasteiger partial charge in [-0.25, -0.2) is 4.98 Å². The number of ether oxygens (including phenoxy) is 1. The maximum atomic E-state index is 12.7. The van der Waals surface area contributed by atoms with Gasteiger partial charge in [-0.15, -0.1) is 0 Å². The fourth-order valence-corrected chi connectivity index (χ4v) is 3.72. The van der Waals surface area contributed by atoms with Crippen LogP contribution in [-0.4, -0.2) is 52.1 Å². The molecule has 1 saturated carbocycles. The Hall–Kier alpha value is -2.94. The van der Waals surface area contributed by atoms with E-state index in [-0.39, 0.29) is 36.4 Å². The number of aromatic nitrogens is 2. The summed E-state index contributed by atoms with van der Waals surface area (Å²) in [6.45, 7) is 4.78. The van der Waals surface area contributed by atoms with E-state index in [0.717, 1.165) is 35.9 Å². The average molecular weight is 433 g/mol. The van der Waals surface area contributed by atoms with Gasteiger partial charge in [-0.05, 0) is 43.4 Å². The SMILES string of the molecule is CCCO[C@H]1C[C@@H](C(=O)NCc2ccc3nc[nH]c3c2)CC[C@@H]1NC(=O)CC.O=CO. The molecule has 2 aromatic rings. The number of carboxylic acid groups (broad SMARTS) is 1. The maximum absolute atomic E-state index is 12.7. The van der Waals surface area contributed by atoms with Crippen LogP contribution in [-0.2, 0) is 25.7 Å². The number of nitrogens with one attached hydrogen (secondary N) is 3. The molecule has 9 nitrogen and oxygen atoms in total. The molecule has 4 N–H and O–H groups in total. The monoisotopic (exact) mass is 432 g/mol. The Morgan fingerprint density at radius 2 is 2.10 bits per heavy atom. The molecule has 1 aliphatic carbocycles. The summed E-state index contributed by atoms with van der Waals surface area (Å²) in [5, 5.41) is 13.0. The Kier molecular flexibility index (Phi) is 9.96. The van der Waals surface area contributed by atoms with E-state index in [4.69, 9.17) is 14.6 Å². The highest BCUT2D eigenvalue weighted by molar-refractivity contribution is 5.80. The standard InChI is InChI=1S/C21H30N4O3.CH2O2/c1-3-9-28-19-11-15(6-8-17(19)25-20(26)4-2)21(27)22-12-14-5-7-16-18(10-14)24-13-23-16;2-1-3/h5,7,10,13,15,17,19H,3-4,6,8-9,11-12H2,1-2H3,(H,22,27)(H,23,24)(H,25,26);1H,(H,2,3)/t15-,17-,19-;/m0./s1. The van der Waals surface area contributed by atoms with E-state index in [0.29, 0.717) is 26.0 Å². The summed E-state index contributed by atoms with van der Waals surface area (Å²) < 4.78 is 5.97. The number of amides is 2. The maximum Gasteiger partial charge on any atom is 0.290 e. The summed E-state index contributed by atoms with van der Waals surface area (Å²) in [7, 11) is 0. The molecule has 3 rings (SSSR count). The Morgan fingerprint density at radius 1 is 1.32 bits per heavy atom. The van der Waals surface area contributed by atoms with Crippen molar-refractivity contribution in [1.29, 1.82) is 0 Å². The number of carbonyl (C=O) groups excluding carboxylic acids is 2. The van der Waals surface area contributed by atoms with Gasteiger partial charge in [0.05, 0.1) is 29.5 Å². The molecule has 1 aromatic heterocycles. The zero-order valence-electron chi connectivity index (χ0n) is 18.1. The van der Waals surface area contributed by atoms with Gasteiger partial charge in [0.15, 0.2) is 0 Å². The Morgan fingerprint density at radius 3 is 2.81 bits per heavy atom. The average Bonchev–Trinajstić information content (AvgIpc) is 3.25. The first-order valence-corrected chi connectivity index (χ1v) is 10.7. The van der Waals surface area contributed by atoms with Crippen LogP contribution in [0.4, 0.5) is 0 Å². The Balaban J connectivity index is 0.00000107. The van der Waals surface area contributed by atoms with Gasteiger partial charge in [0.1, 0.15) is 0 Å². The van der Waals surface area contributed by atoms with E-state index in [9.17, 15) is 9.59 Å². The van der Waals surface area contributed by atoms with E-state index < -0.39 is 0 Å². The molecule has 3 atom stereocenters. The van der Waals surface area contributed by atoms with Gasteiger partial charge in [-0.2, -0.15) is 0 Å². The molecule has 9 heteroatoms. The first-order chi connectivity index (χ1) is 15.0. The number of hydrogen-bond donors (Lipinski definition) is 4. The van der Waals surface area contributed by atoms with Crippen LogP contribution in [0.25, 0.3) is 11.0 Å². The van der Waals surface area contributed by atoms with E-state index in [2.05, 4.69) is 27.5 Å². The highest BCUT2D eigenvalue weighted by atomic mass is 16.5. The summed E-state index contributed by atoms with van der Waals surface area (Å²) in [4.78, 5) is 40.2. The molecule has 1 aliphatic rings. The molecule has 170 valence electrons. The molecule has 0 saturated heterocycles. The molecule has 0 aliphatic heterocycles. The minimum Gasteiger partial charge on any atom is -0.483 e. The number of aromatic amines is 1. The number of carbonyl (C=O) groups is 3. The van der Waals surface area contributed by atoms with E-state index in [1.807, 2.05) is 25.1 Å². The lowest BCUT2D eigenvalue weighted by Crippen LogP contribution is -2.50. The van der Waals surface area contributed by atoms with E-state index in [1.165, 1.54) is 0 Å². The second-order valence-electron chi connectivity index (χ2n) is 7.52. The first kappa shape index (κ1) is 24.3. The fraction of sp³-hybridized carbons (Fsp3) is 0.545. The highest BCUT2D eigenvalue weighted by Crippen LogP contribution is 2.27. The van der Waals surface area contributed by atoms with Gasteiger partial charge in [-0.1, -0.05) is 19.9 Å². The topological polar surface area (TPSA) is 133 Å². The molecule has 1 heterocycles. The van der Waals surface area contributed by atoms with Crippen LogP contribution >= 0.6 is 0 Å². The predicted octanol–water partition coefficient (Wildman–Crippen LogP) is 2.37. The number of imidazole rings is 1. The predicted molar refractivity (Wildman–Crippen MR) is 116 cm³/mol. The number of benzene rings is 1. The summed E-state index contributed by atoms with van der Waals surface area (Å²) in [5.41, 5.74) is 2.91. The molecule has 0 spiro atoms. The summed E-state index contributed by atoms with van der Waals surface area (Å²) >= 11 is 0. The van der Waals surface area contributed by atoms with Crippen molar-refractivity contribution in [3.63, 3.8) is 0 Å². The number of H-pyrrole nitrogens is 1. The second kappa shape index (κ2) is 12.7. The quantitative estimate of drug-likeness (QED) is 0.473. The molecule has 0 radical (unpaired) electrons. The normalized spacial score (nSPS) is 20.4. The van der Waals surface area contributed by atoms with Crippen LogP contribution in [0.2, 0.25) is 0 Å². The third kappa shape index (κ3) is 7.36. The zero-order valence-corrected chi connectivity index (χ0v) is 18.1. The summed E-state index contributed by atoms with van der Waals surface area (Å²) in [6.07, 6.45) is 5.09.